The molecule has 108 valence electrons. The van der Waals surface area contributed by atoms with Gasteiger partial charge in [0.1, 0.15) is 16.6 Å². The number of nitrogens with zero attached hydrogens (tertiary/aromatic N) is 2. The molecule has 0 aromatic carbocycles. The second-order valence-electron chi connectivity index (χ2n) is 4.85. The molecule has 0 saturated heterocycles. The summed E-state index contributed by atoms with van der Waals surface area (Å²) in [6.45, 7) is 2.65. The van der Waals surface area contributed by atoms with Crippen LogP contribution >= 0.6 is 23.1 Å². The van der Waals surface area contributed by atoms with Gasteiger partial charge in [0.25, 0.3) is 0 Å². The van der Waals surface area contributed by atoms with Gasteiger partial charge in [0, 0.05) is 6.54 Å². The molecular weight excluding hydrogens is 298 g/mol. The molecule has 0 aliphatic heterocycles. The highest BCUT2D eigenvalue weighted by molar-refractivity contribution is 7.10. The van der Waals surface area contributed by atoms with Crippen molar-refractivity contribution in [3.05, 3.63) is 10.7 Å². The van der Waals surface area contributed by atoms with Gasteiger partial charge in [-0.3, -0.25) is 4.79 Å². The molecule has 0 amide bonds. The Kier molecular flexibility index (Phi) is 4.84. The molecule has 0 bridgehead atoms. The van der Waals surface area contributed by atoms with Gasteiger partial charge in [-0.05, 0) is 31.3 Å². The largest absolute Gasteiger partial charge is 0.466 e. The van der Waals surface area contributed by atoms with Crippen molar-refractivity contribution in [2.45, 2.75) is 32.6 Å². The second kappa shape index (κ2) is 6.42. The van der Waals surface area contributed by atoms with Crippen LogP contribution in [0, 0.1) is 16.7 Å². The fourth-order valence-corrected chi connectivity index (χ4v) is 3.46. The van der Waals surface area contributed by atoms with E-state index >= 15 is 0 Å². The van der Waals surface area contributed by atoms with E-state index in [-0.39, 0.29) is 11.1 Å². The summed E-state index contributed by atoms with van der Waals surface area (Å²) >= 11 is 6.97. The van der Waals surface area contributed by atoms with Gasteiger partial charge in [-0.1, -0.05) is 24.4 Å². The summed E-state index contributed by atoms with van der Waals surface area (Å²) in [5, 5.41) is 13.0. The number of anilines is 1. The maximum atomic E-state index is 12.2. The number of carbonyl (C=O) groups is 1. The number of nitrogens with one attached hydrogen (secondary N) is 1. The van der Waals surface area contributed by atoms with Crippen LogP contribution in [0.4, 0.5) is 5.00 Å². The van der Waals surface area contributed by atoms with Crippen molar-refractivity contribution >= 4 is 34.1 Å². The Balaban J connectivity index is 2.10. The molecule has 1 aromatic rings. The van der Waals surface area contributed by atoms with E-state index in [1.165, 1.54) is 0 Å². The van der Waals surface area contributed by atoms with Gasteiger partial charge in [-0.25, -0.2) is 0 Å². The molecule has 1 aliphatic carbocycles. The topological polar surface area (TPSA) is 75.0 Å². The van der Waals surface area contributed by atoms with Gasteiger partial charge in [0.2, 0.25) is 0 Å². The molecule has 0 unspecified atom stereocenters. The summed E-state index contributed by atoms with van der Waals surface area (Å²) in [6.07, 6.45) is 3.67. The van der Waals surface area contributed by atoms with E-state index in [1.807, 2.05) is 13.0 Å². The predicted octanol–water partition coefficient (Wildman–Crippen LogP) is 3.20. The normalized spacial score (nSPS) is 16.6. The molecular formula is C13H16ClN3O2S. The number of hydrogen-bond acceptors (Lipinski definition) is 6. The summed E-state index contributed by atoms with van der Waals surface area (Å²) in [4.78, 5) is 12.2. The molecule has 0 spiro atoms. The zero-order valence-corrected chi connectivity index (χ0v) is 12.8. The lowest BCUT2D eigenvalue weighted by atomic mass is 9.86. The number of carbonyl (C=O) groups excluding carboxylic acids is 1. The Hall–Kier alpha value is -1.32. The zero-order chi connectivity index (χ0) is 14.6. The summed E-state index contributed by atoms with van der Waals surface area (Å²) < 4.78 is 9.14. The third kappa shape index (κ3) is 2.89. The zero-order valence-electron chi connectivity index (χ0n) is 11.2. The van der Waals surface area contributed by atoms with Crippen molar-refractivity contribution in [1.82, 2.24) is 4.37 Å². The second-order valence-corrected chi connectivity index (χ2v) is 5.98. The number of hydrogen-bond donors (Lipinski definition) is 1. The van der Waals surface area contributed by atoms with Crippen LogP contribution in [0.5, 0.6) is 0 Å². The Morgan fingerprint density at radius 1 is 1.60 bits per heavy atom. The summed E-state index contributed by atoms with van der Waals surface area (Å²) in [5.41, 5.74) is -0.146. The van der Waals surface area contributed by atoms with E-state index in [0.29, 0.717) is 23.7 Å². The number of esters is 1. The van der Waals surface area contributed by atoms with Crippen molar-refractivity contribution in [1.29, 1.82) is 5.26 Å². The minimum absolute atomic E-state index is 0.154. The molecule has 1 aromatic heterocycles. The van der Waals surface area contributed by atoms with Crippen LogP contribution < -0.4 is 5.32 Å². The molecule has 20 heavy (non-hydrogen) atoms. The average Bonchev–Trinajstić information content (AvgIpc) is 3.04. The van der Waals surface area contributed by atoms with E-state index in [9.17, 15) is 4.79 Å². The number of aromatic nitrogens is 1. The van der Waals surface area contributed by atoms with Gasteiger partial charge in [0.05, 0.1) is 12.0 Å². The van der Waals surface area contributed by atoms with Crippen molar-refractivity contribution in [3.8, 4) is 6.07 Å². The first-order chi connectivity index (χ1) is 9.63. The lowest BCUT2D eigenvalue weighted by Gasteiger charge is -2.26. The Morgan fingerprint density at radius 3 is 2.90 bits per heavy atom. The molecule has 0 atom stereocenters. The molecule has 2 rings (SSSR count). The first kappa shape index (κ1) is 15.1. The fourth-order valence-electron chi connectivity index (χ4n) is 2.53. The first-order valence-electron chi connectivity index (χ1n) is 6.59. The lowest BCUT2D eigenvalue weighted by molar-refractivity contribution is -0.154. The number of halogens is 1. The van der Waals surface area contributed by atoms with Crippen molar-refractivity contribution in [3.63, 3.8) is 0 Å². The van der Waals surface area contributed by atoms with E-state index < -0.39 is 5.41 Å². The Morgan fingerprint density at radius 2 is 2.30 bits per heavy atom. The highest BCUT2D eigenvalue weighted by atomic mass is 35.5. The smallest absolute Gasteiger partial charge is 0.313 e. The lowest BCUT2D eigenvalue weighted by Crippen LogP contribution is -2.37. The maximum absolute atomic E-state index is 12.2. The Labute approximate surface area is 127 Å². The van der Waals surface area contributed by atoms with Gasteiger partial charge in [-0.2, -0.15) is 9.64 Å². The van der Waals surface area contributed by atoms with Crippen molar-refractivity contribution in [2.75, 3.05) is 18.5 Å². The van der Waals surface area contributed by atoms with E-state index in [2.05, 4.69) is 9.69 Å². The summed E-state index contributed by atoms with van der Waals surface area (Å²) in [7, 11) is 0. The van der Waals surface area contributed by atoms with Gasteiger partial charge in [-0.15, -0.1) is 0 Å². The fraction of sp³-hybridized carbons (Fsp3) is 0.615. The molecule has 5 nitrogen and oxygen atoms in total. The maximum Gasteiger partial charge on any atom is 0.313 e. The Bertz CT molecular complexity index is 532. The van der Waals surface area contributed by atoms with Crippen molar-refractivity contribution < 1.29 is 9.53 Å². The molecule has 1 saturated carbocycles. The minimum atomic E-state index is -0.487. The standard InChI is InChI=1S/C13H16ClN3O2S/c1-2-19-12(18)13(5-3-4-6-13)8-16-11-9(7-15)10(14)17-20-11/h16H,2-6,8H2,1H3. The molecule has 1 heterocycles. The minimum Gasteiger partial charge on any atom is -0.466 e. The van der Waals surface area contributed by atoms with Gasteiger partial charge < -0.3 is 10.1 Å². The van der Waals surface area contributed by atoms with Crippen LogP contribution in [-0.2, 0) is 9.53 Å². The van der Waals surface area contributed by atoms with Gasteiger partial charge >= 0.3 is 5.97 Å². The van der Waals surface area contributed by atoms with E-state index in [0.717, 1.165) is 37.2 Å². The first-order valence-corrected chi connectivity index (χ1v) is 7.74. The van der Waals surface area contributed by atoms with Crippen LogP contribution in [0.15, 0.2) is 0 Å². The molecule has 1 fully saturated rings. The third-order valence-corrected chi connectivity index (χ3v) is 4.80. The van der Waals surface area contributed by atoms with Crippen molar-refractivity contribution in [2.24, 2.45) is 5.41 Å². The van der Waals surface area contributed by atoms with Crippen LogP contribution in [-0.4, -0.2) is 23.5 Å². The van der Waals surface area contributed by atoms with Crippen LogP contribution in [0.3, 0.4) is 0 Å². The highest BCUT2D eigenvalue weighted by Crippen LogP contribution is 2.40. The van der Waals surface area contributed by atoms with Gasteiger partial charge in [0.15, 0.2) is 5.15 Å². The van der Waals surface area contributed by atoms with E-state index in [4.69, 9.17) is 21.6 Å². The summed E-state index contributed by atoms with van der Waals surface area (Å²) in [5.74, 6) is -0.154. The number of rotatable bonds is 5. The van der Waals surface area contributed by atoms with Crippen LogP contribution in [0.1, 0.15) is 38.2 Å². The third-order valence-electron chi connectivity index (χ3n) is 3.62. The molecule has 1 N–H and O–H groups in total. The summed E-state index contributed by atoms with van der Waals surface area (Å²) in [6, 6.07) is 2.02. The highest BCUT2D eigenvalue weighted by Gasteiger charge is 2.42. The molecule has 0 radical (unpaired) electrons. The van der Waals surface area contributed by atoms with Crippen LogP contribution in [0.2, 0.25) is 5.15 Å². The predicted molar refractivity (Wildman–Crippen MR) is 77.9 cm³/mol. The van der Waals surface area contributed by atoms with Crippen LogP contribution in [0.25, 0.3) is 0 Å². The molecule has 1 aliphatic rings. The monoisotopic (exact) mass is 313 g/mol. The average molecular weight is 314 g/mol. The number of ether oxygens (including phenoxy) is 1. The van der Waals surface area contributed by atoms with E-state index in [1.54, 1.807) is 0 Å². The SMILES string of the molecule is CCOC(=O)C1(CNc2snc(Cl)c2C#N)CCCC1. The molecule has 7 heteroatoms. The quantitative estimate of drug-likeness (QED) is 0.845. The number of nitriles is 1.